The van der Waals surface area contributed by atoms with Crippen LogP contribution in [-0.4, -0.2) is 29.3 Å². The fraction of sp³-hybridized carbons (Fsp3) is 0.211. The van der Waals surface area contributed by atoms with Crippen molar-refractivity contribution in [3.63, 3.8) is 0 Å². The summed E-state index contributed by atoms with van der Waals surface area (Å²) in [6.45, 7) is -0.0953. The van der Waals surface area contributed by atoms with Crippen molar-refractivity contribution >= 4 is 23.5 Å². The van der Waals surface area contributed by atoms with Crippen LogP contribution in [0.2, 0.25) is 0 Å². The van der Waals surface area contributed by atoms with Crippen molar-refractivity contribution in [3.8, 4) is 0 Å². The standard InChI is InChI=1S/C19H17F2N3O3/c20-13-6-4-12(5-7-13)16-11-18(26)24(19(27)23-16)9-8-17(25)22-15-3-1-2-14(21)10-15/h1-7,10,16H,8-9,11H2,(H,22,25)(H,23,27). The van der Waals surface area contributed by atoms with Crippen molar-refractivity contribution in [1.29, 1.82) is 0 Å². The van der Waals surface area contributed by atoms with Gasteiger partial charge < -0.3 is 10.6 Å². The lowest BCUT2D eigenvalue weighted by Crippen LogP contribution is -2.51. The molecule has 4 amide bonds. The third-order valence-electron chi connectivity index (χ3n) is 4.17. The number of anilines is 1. The van der Waals surface area contributed by atoms with Crippen LogP contribution < -0.4 is 10.6 Å². The second kappa shape index (κ2) is 7.94. The molecule has 2 N–H and O–H groups in total. The second-order valence-electron chi connectivity index (χ2n) is 6.11. The summed E-state index contributed by atoms with van der Waals surface area (Å²) in [7, 11) is 0. The van der Waals surface area contributed by atoms with E-state index in [1.807, 2.05) is 0 Å². The fourth-order valence-electron chi connectivity index (χ4n) is 2.80. The van der Waals surface area contributed by atoms with E-state index in [2.05, 4.69) is 10.6 Å². The van der Waals surface area contributed by atoms with Crippen LogP contribution in [0.15, 0.2) is 48.5 Å². The quantitative estimate of drug-likeness (QED) is 0.846. The Bertz CT molecular complexity index is 853. The highest BCUT2D eigenvalue weighted by molar-refractivity contribution is 5.98. The number of hydrogen-bond donors (Lipinski definition) is 2. The Morgan fingerprint density at radius 1 is 1.11 bits per heavy atom. The van der Waals surface area contributed by atoms with Crippen LogP contribution in [0.25, 0.3) is 0 Å². The molecule has 1 heterocycles. The zero-order chi connectivity index (χ0) is 19.4. The molecule has 2 aromatic carbocycles. The number of carbonyl (C=O) groups is 3. The zero-order valence-electron chi connectivity index (χ0n) is 14.2. The van der Waals surface area contributed by atoms with Gasteiger partial charge in [-0.15, -0.1) is 0 Å². The van der Waals surface area contributed by atoms with E-state index in [4.69, 9.17) is 0 Å². The number of imide groups is 1. The molecular weight excluding hydrogens is 356 g/mol. The Morgan fingerprint density at radius 3 is 2.52 bits per heavy atom. The van der Waals surface area contributed by atoms with Gasteiger partial charge in [0.05, 0.1) is 12.5 Å². The molecule has 0 aliphatic carbocycles. The highest BCUT2D eigenvalue weighted by Crippen LogP contribution is 2.22. The molecule has 1 unspecified atom stereocenters. The number of amides is 4. The lowest BCUT2D eigenvalue weighted by Gasteiger charge is -2.31. The van der Waals surface area contributed by atoms with Crippen molar-refractivity contribution in [2.45, 2.75) is 18.9 Å². The molecule has 0 aromatic heterocycles. The lowest BCUT2D eigenvalue weighted by molar-refractivity contribution is -0.130. The Balaban J connectivity index is 1.55. The Labute approximate surface area is 154 Å². The molecule has 6 nitrogen and oxygen atoms in total. The second-order valence-corrected chi connectivity index (χ2v) is 6.11. The maximum absolute atomic E-state index is 13.1. The van der Waals surface area contributed by atoms with Crippen LogP contribution in [0.5, 0.6) is 0 Å². The number of benzene rings is 2. The third kappa shape index (κ3) is 4.66. The maximum atomic E-state index is 13.1. The van der Waals surface area contributed by atoms with Crippen molar-refractivity contribution in [1.82, 2.24) is 10.2 Å². The van der Waals surface area contributed by atoms with Gasteiger partial charge in [0.1, 0.15) is 11.6 Å². The summed E-state index contributed by atoms with van der Waals surface area (Å²) < 4.78 is 26.1. The fourth-order valence-corrected chi connectivity index (χ4v) is 2.80. The molecule has 1 atom stereocenters. The number of halogens is 2. The average Bonchev–Trinajstić information content (AvgIpc) is 2.61. The van der Waals surface area contributed by atoms with Gasteiger partial charge in [-0.3, -0.25) is 14.5 Å². The van der Waals surface area contributed by atoms with Gasteiger partial charge in [-0.05, 0) is 35.9 Å². The predicted molar refractivity (Wildman–Crippen MR) is 93.6 cm³/mol. The highest BCUT2D eigenvalue weighted by atomic mass is 19.1. The first-order valence-corrected chi connectivity index (χ1v) is 8.34. The number of nitrogens with one attached hydrogen (secondary N) is 2. The average molecular weight is 373 g/mol. The summed E-state index contributed by atoms with van der Waals surface area (Å²) in [5.74, 6) is -1.75. The van der Waals surface area contributed by atoms with Crippen molar-refractivity contribution < 1.29 is 23.2 Å². The molecule has 1 saturated heterocycles. The molecule has 8 heteroatoms. The van der Waals surface area contributed by atoms with Gasteiger partial charge in [0.25, 0.3) is 0 Å². The normalized spacial score (nSPS) is 16.8. The molecule has 1 aliphatic heterocycles. The van der Waals surface area contributed by atoms with E-state index in [1.54, 1.807) is 0 Å². The van der Waals surface area contributed by atoms with Crippen molar-refractivity contribution in [2.75, 3.05) is 11.9 Å². The first kappa shape index (κ1) is 18.5. The van der Waals surface area contributed by atoms with E-state index < -0.39 is 35.5 Å². The number of nitrogens with zero attached hydrogens (tertiary/aromatic N) is 1. The van der Waals surface area contributed by atoms with Crippen molar-refractivity contribution in [3.05, 3.63) is 65.7 Å². The zero-order valence-corrected chi connectivity index (χ0v) is 14.2. The van der Waals surface area contributed by atoms with Gasteiger partial charge in [0, 0.05) is 18.7 Å². The van der Waals surface area contributed by atoms with Gasteiger partial charge in [-0.25, -0.2) is 13.6 Å². The van der Waals surface area contributed by atoms with Crippen LogP contribution in [0.3, 0.4) is 0 Å². The first-order chi connectivity index (χ1) is 12.9. The molecule has 0 bridgehead atoms. The van der Waals surface area contributed by atoms with Gasteiger partial charge in [-0.2, -0.15) is 0 Å². The van der Waals surface area contributed by atoms with Crippen LogP contribution in [0.4, 0.5) is 19.3 Å². The predicted octanol–water partition coefficient (Wildman–Crippen LogP) is 2.98. The molecule has 140 valence electrons. The minimum absolute atomic E-state index is 0.0168. The van der Waals surface area contributed by atoms with E-state index in [1.165, 1.54) is 48.5 Å². The molecular formula is C19H17F2N3O3. The molecule has 2 aromatic rings. The molecule has 0 radical (unpaired) electrons. The minimum Gasteiger partial charge on any atom is -0.330 e. The molecule has 0 spiro atoms. The van der Waals surface area contributed by atoms with Gasteiger partial charge in [0.2, 0.25) is 11.8 Å². The first-order valence-electron chi connectivity index (χ1n) is 8.34. The van der Waals surface area contributed by atoms with Crippen LogP contribution in [-0.2, 0) is 9.59 Å². The number of carbonyl (C=O) groups excluding carboxylic acids is 3. The third-order valence-corrected chi connectivity index (χ3v) is 4.17. The van der Waals surface area contributed by atoms with Crippen LogP contribution in [0.1, 0.15) is 24.4 Å². The Hall–Kier alpha value is -3.29. The molecule has 0 saturated carbocycles. The number of urea groups is 1. The van der Waals surface area contributed by atoms with Crippen LogP contribution in [0, 0.1) is 11.6 Å². The van der Waals surface area contributed by atoms with E-state index in [-0.39, 0.29) is 19.4 Å². The molecule has 1 aliphatic rings. The highest BCUT2D eigenvalue weighted by Gasteiger charge is 2.32. The van der Waals surface area contributed by atoms with Gasteiger partial charge >= 0.3 is 6.03 Å². The van der Waals surface area contributed by atoms with E-state index in [0.29, 0.717) is 11.3 Å². The van der Waals surface area contributed by atoms with Crippen LogP contribution >= 0.6 is 0 Å². The molecule has 1 fully saturated rings. The summed E-state index contributed by atoms with van der Waals surface area (Å²) in [5, 5.41) is 5.18. The van der Waals surface area contributed by atoms with Gasteiger partial charge in [0.15, 0.2) is 0 Å². The monoisotopic (exact) mass is 373 g/mol. The summed E-state index contributed by atoms with van der Waals surface area (Å²) in [5.41, 5.74) is 0.924. The minimum atomic E-state index is -0.612. The summed E-state index contributed by atoms with van der Waals surface area (Å²) >= 11 is 0. The summed E-state index contributed by atoms with van der Waals surface area (Å²) in [6, 6.07) is 9.81. The molecule has 27 heavy (non-hydrogen) atoms. The Morgan fingerprint density at radius 2 is 1.85 bits per heavy atom. The lowest BCUT2D eigenvalue weighted by atomic mass is 10.0. The van der Waals surface area contributed by atoms with E-state index in [9.17, 15) is 23.2 Å². The number of hydrogen-bond acceptors (Lipinski definition) is 3. The summed E-state index contributed by atoms with van der Waals surface area (Å²) in [4.78, 5) is 37.4. The maximum Gasteiger partial charge on any atom is 0.324 e. The Kier molecular flexibility index (Phi) is 5.44. The topological polar surface area (TPSA) is 78.5 Å². The number of rotatable bonds is 5. The van der Waals surface area contributed by atoms with Crippen molar-refractivity contribution in [2.24, 2.45) is 0 Å². The van der Waals surface area contributed by atoms with E-state index in [0.717, 1.165) is 4.90 Å². The molecule has 3 rings (SSSR count). The largest absolute Gasteiger partial charge is 0.330 e. The SMILES string of the molecule is O=C(CCN1C(=O)CC(c2ccc(F)cc2)NC1=O)Nc1cccc(F)c1. The summed E-state index contributed by atoms with van der Waals surface area (Å²) in [6.07, 6.45) is -0.0974. The smallest absolute Gasteiger partial charge is 0.324 e. The van der Waals surface area contributed by atoms with E-state index >= 15 is 0 Å². The van der Waals surface area contributed by atoms with Gasteiger partial charge in [-0.1, -0.05) is 18.2 Å².